The minimum absolute atomic E-state index is 0.0867. The Morgan fingerprint density at radius 2 is 2.00 bits per heavy atom. The predicted molar refractivity (Wildman–Crippen MR) is 69.0 cm³/mol. The third kappa shape index (κ3) is 3.83. The molecule has 92 valence electrons. The van der Waals surface area contributed by atoms with Gasteiger partial charge in [0.1, 0.15) is 0 Å². The van der Waals surface area contributed by atoms with Gasteiger partial charge in [0.05, 0.1) is 6.10 Å². The van der Waals surface area contributed by atoms with Crippen LogP contribution < -0.4 is 0 Å². The van der Waals surface area contributed by atoms with Crippen LogP contribution in [-0.2, 0) is 0 Å². The highest BCUT2D eigenvalue weighted by Gasteiger charge is 2.34. The zero-order chi connectivity index (χ0) is 12.2. The van der Waals surface area contributed by atoms with Crippen molar-refractivity contribution in [3.63, 3.8) is 0 Å². The van der Waals surface area contributed by atoms with Gasteiger partial charge in [-0.1, -0.05) is 20.8 Å². The maximum Gasteiger partial charge on any atom is 0.0568 e. The van der Waals surface area contributed by atoms with Crippen molar-refractivity contribution in [3.05, 3.63) is 0 Å². The molecular weight excluding hydrogens is 196 g/mol. The first-order chi connectivity index (χ1) is 7.45. The third-order valence-electron chi connectivity index (χ3n) is 4.06. The van der Waals surface area contributed by atoms with Crippen molar-refractivity contribution in [1.29, 1.82) is 0 Å². The first-order valence-electron chi connectivity index (χ1n) is 6.56. The predicted octanol–water partition coefficient (Wildman–Crippen LogP) is 3.61. The molecule has 0 amide bonds. The molecule has 1 nitrogen and oxygen atoms in total. The Labute approximate surface area is 101 Å². The first kappa shape index (κ1) is 13.6. The first-order valence-corrected chi connectivity index (χ1v) is 6.56. The van der Waals surface area contributed by atoms with Crippen LogP contribution in [0.5, 0.6) is 0 Å². The summed E-state index contributed by atoms with van der Waals surface area (Å²) in [5.41, 5.74) is 0.379. The molecular formula is C15H26O. The third-order valence-corrected chi connectivity index (χ3v) is 4.06. The van der Waals surface area contributed by atoms with E-state index in [1.54, 1.807) is 0 Å². The van der Waals surface area contributed by atoms with Gasteiger partial charge in [0.25, 0.3) is 0 Å². The van der Waals surface area contributed by atoms with Gasteiger partial charge in [0.2, 0.25) is 0 Å². The largest absolute Gasteiger partial charge is 0.393 e. The maximum absolute atomic E-state index is 10.0. The van der Waals surface area contributed by atoms with E-state index in [4.69, 9.17) is 6.42 Å². The summed E-state index contributed by atoms with van der Waals surface area (Å²) in [4.78, 5) is 0. The van der Waals surface area contributed by atoms with Crippen LogP contribution in [-0.4, -0.2) is 11.2 Å². The van der Waals surface area contributed by atoms with Crippen molar-refractivity contribution in [3.8, 4) is 12.3 Å². The smallest absolute Gasteiger partial charge is 0.0568 e. The molecule has 1 aliphatic rings. The Morgan fingerprint density at radius 1 is 1.31 bits per heavy atom. The average molecular weight is 222 g/mol. The Balaban J connectivity index is 2.46. The number of aliphatic hydroxyl groups is 1. The van der Waals surface area contributed by atoms with E-state index in [-0.39, 0.29) is 6.10 Å². The van der Waals surface area contributed by atoms with Crippen molar-refractivity contribution >= 4 is 0 Å². The second-order valence-corrected chi connectivity index (χ2v) is 6.30. The fraction of sp³-hybridized carbons (Fsp3) is 0.867. The molecule has 16 heavy (non-hydrogen) atoms. The van der Waals surface area contributed by atoms with Crippen LogP contribution in [0.25, 0.3) is 0 Å². The van der Waals surface area contributed by atoms with E-state index in [0.717, 1.165) is 31.6 Å². The molecule has 1 fully saturated rings. The number of terminal acetylenes is 1. The summed E-state index contributed by atoms with van der Waals surface area (Å²) in [5, 5.41) is 10.0. The molecule has 0 aromatic carbocycles. The van der Waals surface area contributed by atoms with E-state index in [0.29, 0.717) is 11.3 Å². The van der Waals surface area contributed by atoms with Gasteiger partial charge in [-0.05, 0) is 49.4 Å². The van der Waals surface area contributed by atoms with Crippen LogP contribution in [0.1, 0.15) is 59.3 Å². The second-order valence-electron chi connectivity index (χ2n) is 6.30. The fourth-order valence-corrected chi connectivity index (χ4v) is 2.81. The van der Waals surface area contributed by atoms with E-state index in [2.05, 4.69) is 26.7 Å². The standard InChI is InChI=1S/C15H26O/c1-5-6-7-8-12-11-13(15(2,3)4)9-10-14(12)16/h1,12-14,16H,6-11H2,2-4H3. The molecule has 3 atom stereocenters. The van der Waals surface area contributed by atoms with E-state index in [9.17, 15) is 5.11 Å². The minimum atomic E-state index is -0.0867. The molecule has 0 saturated heterocycles. The maximum atomic E-state index is 10.0. The van der Waals surface area contributed by atoms with Gasteiger partial charge in [-0.2, -0.15) is 0 Å². The lowest BCUT2D eigenvalue weighted by Gasteiger charge is -2.40. The number of rotatable bonds is 3. The molecule has 1 aliphatic carbocycles. The van der Waals surface area contributed by atoms with Crippen molar-refractivity contribution in [2.75, 3.05) is 0 Å². The molecule has 1 N–H and O–H groups in total. The SMILES string of the molecule is C#CCCCC1CC(C(C)(C)C)CCC1O. The fourth-order valence-electron chi connectivity index (χ4n) is 2.81. The summed E-state index contributed by atoms with van der Waals surface area (Å²) >= 11 is 0. The molecule has 0 aromatic rings. The van der Waals surface area contributed by atoms with E-state index in [1.807, 2.05) is 0 Å². The van der Waals surface area contributed by atoms with Crippen molar-refractivity contribution in [2.45, 2.75) is 65.4 Å². The van der Waals surface area contributed by atoms with Crippen LogP contribution in [0.2, 0.25) is 0 Å². The minimum Gasteiger partial charge on any atom is -0.393 e. The molecule has 1 saturated carbocycles. The van der Waals surface area contributed by atoms with Crippen molar-refractivity contribution in [1.82, 2.24) is 0 Å². The number of aliphatic hydroxyl groups excluding tert-OH is 1. The number of unbranched alkanes of at least 4 members (excludes halogenated alkanes) is 1. The van der Waals surface area contributed by atoms with Crippen molar-refractivity contribution < 1.29 is 5.11 Å². The van der Waals surface area contributed by atoms with Gasteiger partial charge in [-0.25, -0.2) is 0 Å². The number of hydrogen-bond donors (Lipinski definition) is 1. The summed E-state index contributed by atoms with van der Waals surface area (Å²) in [6.45, 7) is 6.94. The Bertz CT molecular complexity index is 243. The van der Waals surface area contributed by atoms with Gasteiger partial charge in [0.15, 0.2) is 0 Å². The second kappa shape index (κ2) is 5.73. The van der Waals surface area contributed by atoms with E-state index >= 15 is 0 Å². The summed E-state index contributed by atoms with van der Waals surface area (Å²) < 4.78 is 0. The zero-order valence-corrected chi connectivity index (χ0v) is 11.0. The summed E-state index contributed by atoms with van der Waals surface area (Å²) in [7, 11) is 0. The summed E-state index contributed by atoms with van der Waals surface area (Å²) in [5.74, 6) is 3.92. The van der Waals surface area contributed by atoms with Crippen LogP contribution >= 0.6 is 0 Å². The lowest BCUT2D eigenvalue weighted by Crippen LogP contribution is -2.34. The van der Waals surface area contributed by atoms with Gasteiger partial charge in [-0.3, -0.25) is 0 Å². The van der Waals surface area contributed by atoms with Gasteiger partial charge in [-0.15, -0.1) is 12.3 Å². The van der Waals surface area contributed by atoms with Gasteiger partial charge < -0.3 is 5.11 Å². The molecule has 1 heteroatoms. The average Bonchev–Trinajstić information content (AvgIpc) is 2.19. The Morgan fingerprint density at radius 3 is 2.56 bits per heavy atom. The lowest BCUT2D eigenvalue weighted by molar-refractivity contribution is 0.0152. The van der Waals surface area contributed by atoms with Crippen molar-refractivity contribution in [2.24, 2.45) is 17.3 Å². The number of hydrogen-bond acceptors (Lipinski definition) is 1. The molecule has 0 aliphatic heterocycles. The monoisotopic (exact) mass is 222 g/mol. The van der Waals surface area contributed by atoms with Gasteiger partial charge in [0, 0.05) is 6.42 Å². The zero-order valence-electron chi connectivity index (χ0n) is 11.0. The van der Waals surface area contributed by atoms with Crippen LogP contribution in [0.15, 0.2) is 0 Å². The van der Waals surface area contributed by atoms with Crippen LogP contribution in [0, 0.1) is 29.6 Å². The molecule has 0 radical (unpaired) electrons. The highest BCUT2D eigenvalue weighted by molar-refractivity contribution is 4.87. The molecule has 3 unspecified atom stereocenters. The molecule has 0 bridgehead atoms. The molecule has 0 heterocycles. The molecule has 1 rings (SSSR count). The van der Waals surface area contributed by atoms with Crippen LogP contribution in [0.4, 0.5) is 0 Å². The Hall–Kier alpha value is -0.480. The molecule has 0 spiro atoms. The van der Waals surface area contributed by atoms with Gasteiger partial charge >= 0.3 is 0 Å². The topological polar surface area (TPSA) is 20.2 Å². The van der Waals surface area contributed by atoms with Crippen LogP contribution in [0.3, 0.4) is 0 Å². The summed E-state index contributed by atoms with van der Waals surface area (Å²) in [6.07, 6.45) is 11.5. The quantitative estimate of drug-likeness (QED) is 0.571. The highest BCUT2D eigenvalue weighted by Crippen LogP contribution is 2.41. The van der Waals surface area contributed by atoms with E-state index in [1.165, 1.54) is 12.8 Å². The highest BCUT2D eigenvalue weighted by atomic mass is 16.3. The molecule has 0 aromatic heterocycles. The van der Waals surface area contributed by atoms with E-state index < -0.39 is 0 Å². The Kier molecular flexibility index (Phi) is 4.87. The lowest BCUT2D eigenvalue weighted by atomic mass is 9.67. The summed E-state index contributed by atoms with van der Waals surface area (Å²) in [6, 6.07) is 0. The normalized spacial score (nSPS) is 31.1.